The van der Waals surface area contributed by atoms with Gasteiger partial charge in [-0.1, -0.05) is 31.2 Å². The van der Waals surface area contributed by atoms with E-state index in [2.05, 4.69) is 33.8 Å². The van der Waals surface area contributed by atoms with E-state index in [-0.39, 0.29) is 5.91 Å². The van der Waals surface area contributed by atoms with E-state index in [1.54, 1.807) is 0 Å². The molecule has 0 aliphatic heterocycles. The lowest BCUT2D eigenvalue weighted by atomic mass is 9.90. The maximum Gasteiger partial charge on any atom is 0.224 e. The Bertz CT molecular complexity index is 829. The highest BCUT2D eigenvalue weighted by Crippen LogP contribution is 2.27. The van der Waals surface area contributed by atoms with Crippen LogP contribution < -0.4 is 16.4 Å². The third-order valence-electron chi connectivity index (χ3n) is 4.78. The maximum atomic E-state index is 11.7. The number of aryl methyl sites for hydroxylation is 1. The number of anilines is 2. The van der Waals surface area contributed by atoms with Crippen LogP contribution in [0.2, 0.25) is 0 Å². The van der Waals surface area contributed by atoms with E-state index in [0.717, 1.165) is 36.2 Å². The number of aliphatic imine (C=N–C) groups is 1. The molecule has 0 heterocycles. The molecule has 3 rings (SSSR count). The number of nitrogens with one attached hydrogen (secondary N) is 2. The first-order chi connectivity index (χ1) is 13.2. The average molecular weight is 364 g/mol. The van der Waals surface area contributed by atoms with Crippen molar-refractivity contribution in [2.75, 3.05) is 10.6 Å². The molecule has 5 nitrogen and oxygen atoms in total. The van der Waals surface area contributed by atoms with Gasteiger partial charge in [-0.25, -0.2) is 4.99 Å². The van der Waals surface area contributed by atoms with Crippen LogP contribution in [0.5, 0.6) is 0 Å². The average Bonchev–Trinajstić information content (AvgIpc) is 2.67. The van der Waals surface area contributed by atoms with E-state index >= 15 is 0 Å². The second-order valence-electron chi connectivity index (χ2n) is 6.98. The lowest BCUT2D eigenvalue weighted by molar-refractivity contribution is -0.116. The molecule has 142 valence electrons. The van der Waals surface area contributed by atoms with Crippen LogP contribution in [0.25, 0.3) is 0 Å². The minimum atomic E-state index is 0.0354. The van der Waals surface area contributed by atoms with Gasteiger partial charge < -0.3 is 16.4 Å². The molecule has 1 aliphatic carbocycles. The van der Waals surface area contributed by atoms with Crippen molar-refractivity contribution in [3.63, 3.8) is 0 Å². The molecule has 0 saturated heterocycles. The molecule has 1 amide bonds. The number of carbonyl (C=O) groups excluding carboxylic acids is 1. The quantitative estimate of drug-likeness (QED) is 0.530. The van der Waals surface area contributed by atoms with E-state index in [4.69, 9.17) is 5.73 Å². The Morgan fingerprint density at radius 1 is 1.11 bits per heavy atom. The molecule has 27 heavy (non-hydrogen) atoms. The van der Waals surface area contributed by atoms with Crippen LogP contribution in [0.4, 0.5) is 11.4 Å². The molecule has 0 saturated carbocycles. The number of hydrogen-bond acceptors (Lipinski definition) is 2. The Hall–Kier alpha value is -2.82. The summed E-state index contributed by atoms with van der Waals surface area (Å²) in [7, 11) is 0. The van der Waals surface area contributed by atoms with E-state index in [1.807, 2.05) is 31.2 Å². The van der Waals surface area contributed by atoms with Crippen LogP contribution in [0.15, 0.2) is 47.5 Å². The van der Waals surface area contributed by atoms with Gasteiger partial charge in [-0.05, 0) is 67.0 Å². The van der Waals surface area contributed by atoms with E-state index < -0.39 is 0 Å². The van der Waals surface area contributed by atoms with Crippen LogP contribution >= 0.6 is 0 Å². The zero-order valence-corrected chi connectivity index (χ0v) is 15.9. The molecule has 0 fully saturated rings. The molecule has 1 aliphatic rings. The number of fused-ring (bicyclic) bond motifs is 1. The van der Waals surface area contributed by atoms with Gasteiger partial charge in [0.1, 0.15) is 0 Å². The van der Waals surface area contributed by atoms with Crippen LogP contribution in [0.1, 0.15) is 49.3 Å². The minimum Gasteiger partial charge on any atom is -0.370 e. The molecule has 4 N–H and O–H groups in total. The van der Waals surface area contributed by atoms with Crippen LogP contribution in [0, 0.1) is 0 Å². The number of nitrogens with zero attached hydrogens (tertiary/aromatic N) is 1. The lowest BCUT2D eigenvalue weighted by Gasteiger charge is -2.19. The molecule has 0 radical (unpaired) electrons. The summed E-state index contributed by atoms with van der Waals surface area (Å²) in [5, 5.41) is 6.17. The van der Waals surface area contributed by atoms with Gasteiger partial charge in [0.2, 0.25) is 5.91 Å². The number of nitrogens with two attached hydrogens (primary N) is 1. The lowest BCUT2D eigenvalue weighted by Crippen LogP contribution is -2.24. The number of benzene rings is 2. The highest BCUT2D eigenvalue weighted by atomic mass is 16.1. The predicted molar refractivity (Wildman–Crippen MR) is 112 cm³/mol. The summed E-state index contributed by atoms with van der Waals surface area (Å²) in [6, 6.07) is 14.1. The van der Waals surface area contributed by atoms with Crippen molar-refractivity contribution in [1.29, 1.82) is 0 Å². The van der Waals surface area contributed by atoms with Gasteiger partial charge in [0.25, 0.3) is 0 Å². The van der Waals surface area contributed by atoms with Crippen molar-refractivity contribution in [2.24, 2.45) is 10.7 Å². The largest absolute Gasteiger partial charge is 0.370 e. The Labute approximate surface area is 161 Å². The van der Waals surface area contributed by atoms with Crippen LogP contribution in [0.3, 0.4) is 0 Å². The summed E-state index contributed by atoms with van der Waals surface area (Å²) in [6.45, 7) is 2.45. The topological polar surface area (TPSA) is 79.5 Å². The molecule has 0 unspecified atom stereocenters. The van der Waals surface area contributed by atoms with E-state index in [1.165, 1.54) is 24.0 Å². The standard InChI is InChI=1S/C22H28N4O/c1-2-7-21(27)25-18-11-5-8-16(14-18)15-24-22(23)26-20-13-6-10-17-9-3-4-12-19(17)20/h5-6,8,10-11,13-14H,2-4,7,9,12,15H2,1H3,(H,25,27)(H3,23,24,26). The highest BCUT2D eigenvalue weighted by Gasteiger charge is 2.13. The van der Waals surface area contributed by atoms with Crippen molar-refractivity contribution in [3.8, 4) is 0 Å². The monoisotopic (exact) mass is 364 g/mol. The van der Waals surface area contributed by atoms with Gasteiger partial charge in [0.15, 0.2) is 5.96 Å². The molecule has 2 aromatic rings. The number of guanidine groups is 1. The molecular formula is C22H28N4O. The van der Waals surface area contributed by atoms with Gasteiger partial charge in [-0.2, -0.15) is 0 Å². The molecule has 0 aromatic heterocycles. The third-order valence-corrected chi connectivity index (χ3v) is 4.78. The fraction of sp³-hybridized carbons (Fsp3) is 0.364. The SMILES string of the molecule is CCCC(=O)Nc1cccc(CN=C(N)Nc2cccc3c2CCCC3)c1. The molecule has 0 spiro atoms. The summed E-state index contributed by atoms with van der Waals surface area (Å²) in [5.74, 6) is 0.447. The number of amides is 1. The predicted octanol–water partition coefficient (Wildman–Crippen LogP) is 4.23. The zero-order valence-electron chi connectivity index (χ0n) is 15.9. The highest BCUT2D eigenvalue weighted by molar-refractivity contribution is 5.93. The summed E-state index contributed by atoms with van der Waals surface area (Å²) in [5.41, 5.74) is 11.8. The minimum absolute atomic E-state index is 0.0354. The molecule has 2 aromatic carbocycles. The second-order valence-corrected chi connectivity index (χ2v) is 6.98. The van der Waals surface area contributed by atoms with Crippen LogP contribution in [-0.2, 0) is 24.2 Å². The third kappa shape index (κ3) is 5.33. The zero-order chi connectivity index (χ0) is 19.1. The fourth-order valence-corrected chi connectivity index (χ4v) is 3.45. The van der Waals surface area contributed by atoms with E-state index in [0.29, 0.717) is 18.9 Å². The normalized spacial score (nSPS) is 13.7. The second kappa shape index (κ2) is 9.21. The van der Waals surface area contributed by atoms with Crippen molar-refractivity contribution in [3.05, 3.63) is 59.2 Å². The van der Waals surface area contributed by atoms with Gasteiger partial charge >= 0.3 is 0 Å². The summed E-state index contributed by atoms with van der Waals surface area (Å²) >= 11 is 0. The smallest absolute Gasteiger partial charge is 0.224 e. The summed E-state index contributed by atoms with van der Waals surface area (Å²) in [4.78, 5) is 16.2. The first-order valence-corrected chi connectivity index (χ1v) is 9.72. The molecular weight excluding hydrogens is 336 g/mol. The maximum absolute atomic E-state index is 11.7. The summed E-state index contributed by atoms with van der Waals surface area (Å²) in [6.07, 6.45) is 6.07. The van der Waals surface area contributed by atoms with Crippen molar-refractivity contribution in [2.45, 2.75) is 52.0 Å². The van der Waals surface area contributed by atoms with Crippen LogP contribution in [-0.4, -0.2) is 11.9 Å². The Morgan fingerprint density at radius 3 is 2.78 bits per heavy atom. The number of rotatable bonds is 6. The first-order valence-electron chi connectivity index (χ1n) is 9.72. The Morgan fingerprint density at radius 2 is 1.93 bits per heavy atom. The van der Waals surface area contributed by atoms with Crippen molar-refractivity contribution in [1.82, 2.24) is 0 Å². The van der Waals surface area contributed by atoms with Gasteiger partial charge in [0.05, 0.1) is 6.54 Å². The van der Waals surface area contributed by atoms with Gasteiger partial charge in [-0.3, -0.25) is 4.79 Å². The van der Waals surface area contributed by atoms with Crippen molar-refractivity contribution < 1.29 is 4.79 Å². The molecule has 0 bridgehead atoms. The Kier molecular flexibility index (Phi) is 6.47. The van der Waals surface area contributed by atoms with E-state index in [9.17, 15) is 4.79 Å². The number of carbonyl (C=O) groups is 1. The fourth-order valence-electron chi connectivity index (χ4n) is 3.45. The summed E-state index contributed by atoms with van der Waals surface area (Å²) < 4.78 is 0. The van der Waals surface area contributed by atoms with Gasteiger partial charge in [0, 0.05) is 17.8 Å². The molecule has 0 atom stereocenters. The number of hydrogen-bond donors (Lipinski definition) is 3. The molecule has 5 heteroatoms. The Balaban J connectivity index is 1.63. The first kappa shape index (κ1) is 19.0. The van der Waals surface area contributed by atoms with Gasteiger partial charge in [-0.15, -0.1) is 0 Å². The van der Waals surface area contributed by atoms with Crippen molar-refractivity contribution >= 4 is 23.2 Å².